The summed E-state index contributed by atoms with van der Waals surface area (Å²) in [6.45, 7) is 2.09. The van der Waals surface area contributed by atoms with E-state index in [1.165, 1.54) is 36.8 Å². The van der Waals surface area contributed by atoms with Gasteiger partial charge in [-0.05, 0) is 43.0 Å². The van der Waals surface area contributed by atoms with Crippen LogP contribution in [0.3, 0.4) is 0 Å². The first-order chi connectivity index (χ1) is 12.2. The quantitative estimate of drug-likeness (QED) is 0.680. The van der Waals surface area contributed by atoms with Gasteiger partial charge in [-0.2, -0.15) is 0 Å². The summed E-state index contributed by atoms with van der Waals surface area (Å²) in [5.74, 6) is 0. The fraction of sp³-hybridized carbons (Fsp3) is 0.318. The number of hydrogen-bond donors (Lipinski definition) is 1. The molecule has 0 spiro atoms. The maximum absolute atomic E-state index is 12.7. The Labute approximate surface area is 147 Å². The van der Waals surface area contributed by atoms with Crippen LogP contribution in [0.15, 0.2) is 57.7 Å². The molecule has 3 heteroatoms. The van der Waals surface area contributed by atoms with Crippen molar-refractivity contribution in [3.05, 3.63) is 75.6 Å². The van der Waals surface area contributed by atoms with E-state index in [2.05, 4.69) is 24.4 Å². The average molecular weight is 333 g/mol. The third kappa shape index (κ3) is 3.19. The second-order valence-corrected chi connectivity index (χ2v) is 6.97. The van der Waals surface area contributed by atoms with Gasteiger partial charge in [0.2, 0.25) is 0 Å². The van der Waals surface area contributed by atoms with Gasteiger partial charge in [-0.15, -0.1) is 0 Å². The molecule has 128 valence electrons. The molecule has 0 bridgehead atoms. The summed E-state index contributed by atoms with van der Waals surface area (Å²) in [6, 6.07) is 16.5. The minimum Gasteiger partial charge on any atom is -0.422 e. The molecule has 0 aliphatic heterocycles. The lowest BCUT2D eigenvalue weighted by molar-refractivity contribution is 0.552. The lowest BCUT2D eigenvalue weighted by Gasteiger charge is -2.19. The van der Waals surface area contributed by atoms with Gasteiger partial charge in [0, 0.05) is 17.8 Å². The number of hydrogen-bond acceptors (Lipinski definition) is 3. The number of anilines is 1. The Bertz CT molecular complexity index is 952. The normalized spacial score (nSPS) is 14.9. The molecule has 0 radical (unpaired) electrons. The Morgan fingerprint density at radius 2 is 1.76 bits per heavy atom. The monoisotopic (exact) mass is 333 g/mol. The van der Waals surface area contributed by atoms with E-state index in [1.807, 2.05) is 36.4 Å². The molecular formula is C22H23NO2. The third-order valence-corrected chi connectivity index (χ3v) is 5.24. The third-order valence-electron chi connectivity index (χ3n) is 5.24. The smallest absolute Gasteiger partial charge is 0.341 e. The molecule has 3 nitrogen and oxygen atoms in total. The summed E-state index contributed by atoms with van der Waals surface area (Å²) in [6.07, 6.45) is 5.43. The van der Waals surface area contributed by atoms with Crippen molar-refractivity contribution in [2.45, 2.75) is 45.1 Å². The molecule has 25 heavy (non-hydrogen) atoms. The number of para-hydroxylation sites is 1. The Morgan fingerprint density at radius 3 is 2.56 bits per heavy atom. The van der Waals surface area contributed by atoms with E-state index < -0.39 is 0 Å². The summed E-state index contributed by atoms with van der Waals surface area (Å²) < 4.78 is 5.61. The molecule has 1 saturated carbocycles. The molecule has 0 unspecified atom stereocenters. The molecule has 1 heterocycles. The Hall–Kier alpha value is -2.55. The topological polar surface area (TPSA) is 42.2 Å². The molecule has 1 aromatic heterocycles. The van der Waals surface area contributed by atoms with Crippen LogP contribution in [0.4, 0.5) is 5.69 Å². The van der Waals surface area contributed by atoms with Crippen LogP contribution < -0.4 is 10.9 Å². The van der Waals surface area contributed by atoms with E-state index in [-0.39, 0.29) is 5.63 Å². The predicted octanol–water partition coefficient (Wildman–Crippen LogP) is 5.05. The average Bonchev–Trinajstić information content (AvgIpc) is 3.12. The SMILES string of the molecule is Cc1ccccc1Cc1c(NC2CCCC2)c2ccccc2oc1=O. The molecule has 0 atom stereocenters. The first-order valence-electron chi connectivity index (χ1n) is 9.08. The van der Waals surface area contributed by atoms with Gasteiger partial charge in [0.05, 0.1) is 11.3 Å². The number of nitrogens with one attached hydrogen (secondary N) is 1. The van der Waals surface area contributed by atoms with Crippen molar-refractivity contribution >= 4 is 16.7 Å². The van der Waals surface area contributed by atoms with Crippen LogP contribution in [0.5, 0.6) is 0 Å². The molecule has 1 aliphatic rings. The summed E-state index contributed by atoms with van der Waals surface area (Å²) in [5.41, 5.74) is 4.48. The fourth-order valence-corrected chi connectivity index (χ4v) is 3.79. The van der Waals surface area contributed by atoms with Gasteiger partial charge < -0.3 is 9.73 Å². The van der Waals surface area contributed by atoms with Gasteiger partial charge in [0.25, 0.3) is 0 Å². The fourth-order valence-electron chi connectivity index (χ4n) is 3.79. The second kappa shape index (κ2) is 6.75. The van der Waals surface area contributed by atoms with Crippen molar-refractivity contribution in [2.24, 2.45) is 0 Å². The Kier molecular flexibility index (Phi) is 4.31. The molecule has 3 aromatic rings. The lowest BCUT2D eigenvalue weighted by Crippen LogP contribution is -2.20. The number of benzene rings is 2. The summed E-state index contributed by atoms with van der Waals surface area (Å²) in [7, 11) is 0. The number of fused-ring (bicyclic) bond motifs is 1. The van der Waals surface area contributed by atoms with E-state index >= 15 is 0 Å². The second-order valence-electron chi connectivity index (χ2n) is 6.97. The lowest BCUT2D eigenvalue weighted by atomic mass is 9.99. The maximum atomic E-state index is 12.7. The molecule has 1 N–H and O–H groups in total. The zero-order valence-electron chi connectivity index (χ0n) is 14.5. The largest absolute Gasteiger partial charge is 0.422 e. The summed E-state index contributed by atoms with van der Waals surface area (Å²) >= 11 is 0. The van der Waals surface area contributed by atoms with E-state index in [0.717, 1.165) is 16.6 Å². The van der Waals surface area contributed by atoms with Crippen molar-refractivity contribution in [3.63, 3.8) is 0 Å². The first kappa shape index (κ1) is 15.9. The molecule has 2 aromatic carbocycles. The van der Waals surface area contributed by atoms with Crippen LogP contribution in [0.1, 0.15) is 42.4 Å². The van der Waals surface area contributed by atoms with Crippen LogP contribution in [0.25, 0.3) is 11.0 Å². The molecule has 0 amide bonds. The maximum Gasteiger partial charge on any atom is 0.341 e. The molecule has 4 rings (SSSR count). The highest BCUT2D eigenvalue weighted by molar-refractivity contribution is 5.91. The number of aryl methyl sites for hydroxylation is 1. The van der Waals surface area contributed by atoms with Gasteiger partial charge in [-0.25, -0.2) is 4.79 Å². The highest BCUT2D eigenvalue weighted by atomic mass is 16.4. The van der Waals surface area contributed by atoms with Crippen LogP contribution in [0, 0.1) is 6.92 Å². The Morgan fingerprint density at radius 1 is 1.04 bits per heavy atom. The number of rotatable bonds is 4. The zero-order valence-corrected chi connectivity index (χ0v) is 14.5. The molecular weight excluding hydrogens is 310 g/mol. The van der Waals surface area contributed by atoms with Gasteiger partial charge in [-0.3, -0.25) is 0 Å². The van der Waals surface area contributed by atoms with Crippen molar-refractivity contribution in [1.29, 1.82) is 0 Å². The molecule has 1 fully saturated rings. The summed E-state index contributed by atoms with van der Waals surface area (Å²) in [4.78, 5) is 12.7. The van der Waals surface area contributed by atoms with Crippen LogP contribution in [-0.4, -0.2) is 6.04 Å². The molecule has 1 aliphatic carbocycles. The van der Waals surface area contributed by atoms with Gasteiger partial charge in [0.15, 0.2) is 0 Å². The van der Waals surface area contributed by atoms with E-state index in [1.54, 1.807) is 0 Å². The van der Waals surface area contributed by atoms with Crippen LogP contribution in [0.2, 0.25) is 0 Å². The van der Waals surface area contributed by atoms with Gasteiger partial charge >= 0.3 is 5.63 Å². The van der Waals surface area contributed by atoms with Crippen molar-refractivity contribution in [1.82, 2.24) is 0 Å². The van der Waals surface area contributed by atoms with E-state index in [0.29, 0.717) is 18.0 Å². The highest BCUT2D eigenvalue weighted by Gasteiger charge is 2.21. The van der Waals surface area contributed by atoms with Crippen LogP contribution >= 0.6 is 0 Å². The van der Waals surface area contributed by atoms with Gasteiger partial charge in [-0.1, -0.05) is 49.2 Å². The van der Waals surface area contributed by atoms with Crippen LogP contribution in [-0.2, 0) is 6.42 Å². The van der Waals surface area contributed by atoms with Crippen molar-refractivity contribution < 1.29 is 4.42 Å². The first-order valence-corrected chi connectivity index (χ1v) is 9.08. The Balaban J connectivity index is 1.85. The summed E-state index contributed by atoms with van der Waals surface area (Å²) in [5, 5.41) is 4.67. The van der Waals surface area contributed by atoms with E-state index in [4.69, 9.17) is 4.42 Å². The zero-order chi connectivity index (χ0) is 17.2. The van der Waals surface area contributed by atoms with Crippen molar-refractivity contribution in [3.8, 4) is 0 Å². The minimum absolute atomic E-state index is 0.234. The minimum atomic E-state index is -0.234. The van der Waals surface area contributed by atoms with E-state index in [9.17, 15) is 4.79 Å². The highest BCUT2D eigenvalue weighted by Crippen LogP contribution is 2.31. The molecule has 0 saturated heterocycles. The standard InChI is InChI=1S/C22H23NO2/c1-15-8-2-3-9-16(15)14-19-21(23-17-10-4-5-11-17)18-12-6-7-13-20(18)25-22(19)24/h2-3,6-9,12-13,17,23H,4-5,10-11,14H2,1H3. The van der Waals surface area contributed by atoms with Crippen molar-refractivity contribution in [2.75, 3.05) is 5.32 Å². The predicted molar refractivity (Wildman–Crippen MR) is 102 cm³/mol. The van der Waals surface area contributed by atoms with Gasteiger partial charge in [0.1, 0.15) is 5.58 Å².